The van der Waals surface area contributed by atoms with E-state index in [-0.39, 0.29) is 0 Å². The van der Waals surface area contributed by atoms with Gasteiger partial charge in [-0.2, -0.15) is 0 Å². The monoisotopic (exact) mass is 381 g/mol. The number of hydrogen-bond acceptors (Lipinski definition) is 2. The van der Waals surface area contributed by atoms with Crippen molar-refractivity contribution in [1.82, 2.24) is 4.90 Å². The Bertz CT molecular complexity index is 378. The number of carboxylic acids is 1. The number of carboxylic acid groups (broad SMARTS) is 1. The van der Waals surface area contributed by atoms with E-state index < -0.39 is 5.97 Å². The van der Waals surface area contributed by atoms with Gasteiger partial charge in [-0.05, 0) is 32.1 Å². The van der Waals surface area contributed by atoms with E-state index >= 15 is 0 Å². The predicted molar refractivity (Wildman–Crippen MR) is 112 cm³/mol. The van der Waals surface area contributed by atoms with Crippen LogP contribution in [0.5, 0.6) is 0 Å². The van der Waals surface area contributed by atoms with Gasteiger partial charge in [0.2, 0.25) is 5.91 Å². The summed E-state index contributed by atoms with van der Waals surface area (Å²) in [6, 6.07) is 0. The highest BCUT2D eigenvalue weighted by Gasteiger charge is 2.15. The van der Waals surface area contributed by atoms with Crippen molar-refractivity contribution in [2.45, 2.75) is 122 Å². The van der Waals surface area contributed by atoms with Crippen molar-refractivity contribution in [2.24, 2.45) is 0 Å². The summed E-state index contributed by atoms with van der Waals surface area (Å²) in [5.74, 6) is -0.280. The van der Waals surface area contributed by atoms with Gasteiger partial charge in [-0.1, -0.05) is 77.0 Å². The first-order valence-corrected chi connectivity index (χ1v) is 11.7. The number of carbonyl (C=O) groups is 2. The highest BCUT2D eigenvalue weighted by Crippen LogP contribution is 2.15. The van der Waals surface area contributed by atoms with E-state index in [1.54, 1.807) is 0 Å². The minimum Gasteiger partial charge on any atom is -0.481 e. The molecule has 1 aliphatic heterocycles. The molecule has 0 aromatic rings. The number of likely N-dealkylation sites (tertiary alicyclic amines) is 1. The molecular weight excluding hydrogens is 338 g/mol. The Labute approximate surface area is 167 Å². The van der Waals surface area contributed by atoms with Gasteiger partial charge in [-0.15, -0.1) is 0 Å². The minimum absolute atomic E-state index is 0.328. The molecule has 0 radical (unpaired) electrons. The third kappa shape index (κ3) is 14.6. The average molecular weight is 382 g/mol. The number of unbranched alkanes of at least 4 members (excludes halogenated alkanes) is 13. The van der Waals surface area contributed by atoms with Crippen LogP contribution in [0.15, 0.2) is 0 Å². The van der Waals surface area contributed by atoms with Crippen LogP contribution in [0.3, 0.4) is 0 Å². The summed E-state index contributed by atoms with van der Waals surface area (Å²) in [5, 5.41) is 8.57. The molecule has 0 aliphatic carbocycles. The lowest BCUT2D eigenvalue weighted by atomic mass is 10.0. The van der Waals surface area contributed by atoms with Gasteiger partial charge >= 0.3 is 5.97 Å². The topological polar surface area (TPSA) is 57.6 Å². The van der Waals surface area contributed by atoms with Crippen LogP contribution >= 0.6 is 0 Å². The number of piperidine rings is 1. The van der Waals surface area contributed by atoms with Gasteiger partial charge in [0.1, 0.15) is 0 Å². The van der Waals surface area contributed by atoms with Gasteiger partial charge < -0.3 is 10.0 Å². The zero-order chi connectivity index (χ0) is 19.6. The highest BCUT2D eigenvalue weighted by atomic mass is 16.4. The van der Waals surface area contributed by atoms with Crippen LogP contribution in [0, 0.1) is 0 Å². The third-order valence-corrected chi connectivity index (χ3v) is 5.74. The Morgan fingerprint density at radius 1 is 0.556 bits per heavy atom. The Morgan fingerprint density at radius 2 is 0.926 bits per heavy atom. The zero-order valence-electron chi connectivity index (χ0n) is 17.6. The number of aliphatic carboxylic acids is 1. The summed E-state index contributed by atoms with van der Waals surface area (Å²) in [4.78, 5) is 24.5. The van der Waals surface area contributed by atoms with Gasteiger partial charge in [0.15, 0.2) is 0 Å². The summed E-state index contributed by atoms with van der Waals surface area (Å²) in [7, 11) is 0. The molecule has 0 spiro atoms. The van der Waals surface area contributed by atoms with Crippen LogP contribution in [0.4, 0.5) is 0 Å². The molecule has 4 nitrogen and oxygen atoms in total. The molecule has 0 unspecified atom stereocenters. The lowest BCUT2D eigenvalue weighted by Gasteiger charge is -2.26. The largest absolute Gasteiger partial charge is 0.481 e. The first-order valence-electron chi connectivity index (χ1n) is 11.7. The third-order valence-electron chi connectivity index (χ3n) is 5.74. The van der Waals surface area contributed by atoms with E-state index in [0.29, 0.717) is 12.3 Å². The van der Waals surface area contributed by atoms with Gasteiger partial charge in [0, 0.05) is 25.9 Å². The van der Waals surface area contributed by atoms with E-state index in [2.05, 4.69) is 4.90 Å². The van der Waals surface area contributed by atoms with E-state index in [9.17, 15) is 9.59 Å². The van der Waals surface area contributed by atoms with Gasteiger partial charge in [0.05, 0.1) is 0 Å². The normalized spacial score (nSPS) is 14.4. The standard InChI is InChI=1S/C23H43NO3/c25-22(24-20-16-13-17-21-24)18-14-11-9-7-5-3-1-2-4-6-8-10-12-15-19-23(26)27/h1-21H2,(H,26,27). The molecule has 1 rings (SSSR count). The van der Waals surface area contributed by atoms with Crippen molar-refractivity contribution in [3.8, 4) is 0 Å². The predicted octanol–water partition coefficient (Wildman–Crippen LogP) is 6.33. The van der Waals surface area contributed by atoms with E-state index in [1.165, 1.54) is 89.9 Å². The number of amides is 1. The van der Waals surface area contributed by atoms with Crippen LogP contribution in [-0.4, -0.2) is 35.0 Å². The van der Waals surface area contributed by atoms with E-state index in [4.69, 9.17) is 5.11 Å². The molecular formula is C23H43NO3. The van der Waals surface area contributed by atoms with Crippen LogP contribution in [-0.2, 0) is 9.59 Å². The number of carbonyl (C=O) groups excluding carboxylic acids is 1. The molecule has 1 amide bonds. The Hall–Kier alpha value is -1.06. The second-order valence-electron chi connectivity index (χ2n) is 8.28. The molecule has 4 heteroatoms. The van der Waals surface area contributed by atoms with Gasteiger partial charge in [-0.3, -0.25) is 9.59 Å². The van der Waals surface area contributed by atoms with Crippen LogP contribution in [0.1, 0.15) is 122 Å². The lowest BCUT2D eigenvalue weighted by Crippen LogP contribution is -2.35. The second-order valence-corrected chi connectivity index (χ2v) is 8.28. The van der Waals surface area contributed by atoms with Crippen LogP contribution in [0.25, 0.3) is 0 Å². The molecule has 0 atom stereocenters. The van der Waals surface area contributed by atoms with Crippen molar-refractivity contribution >= 4 is 11.9 Å². The molecule has 0 aromatic carbocycles. The molecule has 1 heterocycles. The SMILES string of the molecule is O=C(O)CCCCCCCCCCCCCCCCC(=O)N1CCCCC1. The highest BCUT2D eigenvalue weighted by molar-refractivity contribution is 5.76. The second kappa shape index (κ2) is 17.1. The first-order chi connectivity index (χ1) is 13.2. The summed E-state index contributed by atoms with van der Waals surface area (Å²) < 4.78 is 0. The number of hydrogen-bond donors (Lipinski definition) is 1. The maximum absolute atomic E-state index is 12.1. The summed E-state index contributed by atoms with van der Waals surface area (Å²) in [5.41, 5.74) is 0. The fraction of sp³-hybridized carbons (Fsp3) is 0.913. The number of rotatable bonds is 17. The Morgan fingerprint density at radius 3 is 1.33 bits per heavy atom. The molecule has 1 aliphatic rings. The molecule has 27 heavy (non-hydrogen) atoms. The molecule has 158 valence electrons. The molecule has 0 bridgehead atoms. The van der Waals surface area contributed by atoms with Gasteiger partial charge in [0.25, 0.3) is 0 Å². The van der Waals surface area contributed by atoms with Crippen LogP contribution in [0.2, 0.25) is 0 Å². The fourth-order valence-corrected chi connectivity index (χ4v) is 3.98. The summed E-state index contributed by atoms with van der Waals surface area (Å²) in [6.45, 7) is 1.98. The smallest absolute Gasteiger partial charge is 0.303 e. The van der Waals surface area contributed by atoms with Crippen molar-refractivity contribution < 1.29 is 14.7 Å². The maximum atomic E-state index is 12.1. The average Bonchev–Trinajstić information content (AvgIpc) is 2.68. The molecule has 0 saturated carbocycles. The molecule has 1 N–H and O–H groups in total. The van der Waals surface area contributed by atoms with Crippen LogP contribution < -0.4 is 0 Å². The van der Waals surface area contributed by atoms with E-state index in [1.807, 2.05) is 0 Å². The Balaban J connectivity index is 1.73. The molecule has 1 fully saturated rings. The fourth-order valence-electron chi connectivity index (χ4n) is 3.98. The van der Waals surface area contributed by atoms with Crippen molar-refractivity contribution in [3.05, 3.63) is 0 Å². The first kappa shape index (κ1) is 24.0. The van der Waals surface area contributed by atoms with Crippen molar-refractivity contribution in [2.75, 3.05) is 13.1 Å². The Kier molecular flexibility index (Phi) is 15.2. The quantitative estimate of drug-likeness (QED) is 0.300. The molecule has 0 aromatic heterocycles. The van der Waals surface area contributed by atoms with E-state index in [0.717, 1.165) is 38.8 Å². The van der Waals surface area contributed by atoms with Crippen molar-refractivity contribution in [3.63, 3.8) is 0 Å². The van der Waals surface area contributed by atoms with Crippen molar-refractivity contribution in [1.29, 1.82) is 0 Å². The summed E-state index contributed by atoms with van der Waals surface area (Å²) in [6.07, 6.45) is 22.0. The zero-order valence-corrected chi connectivity index (χ0v) is 17.6. The maximum Gasteiger partial charge on any atom is 0.303 e. The lowest BCUT2D eigenvalue weighted by molar-refractivity contribution is -0.137. The van der Waals surface area contributed by atoms with Gasteiger partial charge in [-0.25, -0.2) is 0 Å². The molecule has 1 saturated heterocycles. The summed E-state index contributed by atoms with van der Waals surface area (Å²) >= 11 is 0. The minimum atomic E-state index is -0.666. The number of nitrogens with zero attached hydrogens (tertiary/aromatic N) is 1.